The molecule has 0 fully saturated rings. The third kappa shape index (κ3) is 3.23. The van der Waals surface area contributed by atoms with Gasteiger partial charge in [-0.3, -0.25) is 0 Å². The summed E-state index contributed by atoms with van der Waals surface area (Å²) in [5.74, 6) is -1.23. The van der Waals surface area contributed by atoms with E-state index >= 15 is 0 Å². The Morgan fingerprint density at radius 1 is 1.13 bits per heavy atom. The fourth-order valence-corrected chi connectivity index (χ4v) is 2.94. The molecule has 0 aliphatic rings. The molecule has 0 saturated heterocycles. The average Bonchev–Trinajstić information content (AvgIpc) is 2.98. The number of halogens is 3. The van der Waals surface area contributed by atoms with Crippen molar-refractivity contribution in [3.8, 4) is 16.9 Å². The Bertz CT molecular complexity index is 831. The van der Waals surface area contributed by atoms with Crippen molar-refractivity contribution in [3.63, 3.8) is 0 Å². The van der Waals surface area contributed by atoms with Crippen molar-refractivity contribution in [1.29, 1.82) is 0 Å². The van der Waals surface area contributed by atoms with Crippen molar-refractivity contribution in [2.45, 2.75) is 10.8 Å². The molecule has 1 heterocycles. The van der Waals surface area contributed by atoms with E-state index in [0.717, 1.165) is 16.6 Å². The van der Waals surface area contributed by atoms with Crippen LogP contribution in [0.25, 0.3) is 16.9 Å². The highest BCUT2D eigenvalue weighted by Gasteiger charge is 2.17. The van der Waals surface area contributed by atoms with E-state index in [-0.39, 0.29) is 5.88 Å². The molecule has 0 atom stereocenters. The standard InChI is InChI=1S/C16H12ClF2N3S/c1-23-14-4-2-3-13(8-14)22-16(15(9-17)20-21-22)10-5-11(18)7-12(19)6-10/h2-8H,9H2,1H3. The minimum atomic E-state index is -0.661. The van der Waals surface area contributed by atoms with Gasteiger partial charge in [-0.05, 0) is 36.6 Å². The van der Waals surface area contributed by atoms with E-state index in [4.69, 9.17) is 11.6 Å². The number of hydrogen-bond acceptors (Lipinski definition) is 3. The van der Waals surface area contributed by atoms with Crippen molar-refractivity contribution in [2.75, 3.05) is 6.26 Å². The number of alkyl halides is 1. The predicted molar refractivity (Wildman–Crippen MR) is 88.0 cm³/mol. The highest BCUT2D eigenvalue weighted by molar-refractivity contribution is 7.98. The molecule has 118 valence electrons. The summed E-state index contributed by atoms with van der Waals surface area (Å²) >= 11 is 7.50. The molecule has 3 rings (SSSR count). The lowest BCUT2D eigenvalue weighted by atomic mass is 10.1. The van der Waals surface area contributed by atoms with Gasteiger partial charge in [0.2, 0.25) is 0 Å². The van der Waals surface area contributed by atoms with E-state index in [2.05, 4.69) is 10.3 Å². The van der Waals surface area contributed by atoms with Crippen LogP contribution in [-0.2, 0) is 5.88 Å². The maximum absolute atomic E-state index is 13.6. The molecule has 2 aromatic carbocycles. The minimum absolute atomic E-state index is 0.0929. The van der Waals surface area contributed by atoms with E-state index in [1.165, 1.54) is 12.1 Å². The van der Waals surface area contributed by atoms with E-state index in [1.807, 2.05) is 30.5 Å². The van der Waals surface area contributed by atoms with Gasteiger partial charge < -0.3 is 0 Å². The van der Waals surface area contributed by atoms with Crippen LogP contribution in [0.4, 0.5) is 8.78 Å². The van der Waals surface area contributed by atoms with Crippen LogP contribution in [0.3, 0.4) is 0 Å². The zero-order valence-corrected chi connectivity index (χ0v) is 13.7. The van der Waals surface area contributed by atoms with E-state index in [0.29, 0.717) is 17.0 Å². The first kappa shape index (κ1) is 16.0. The van der Waals surface area contributed by atoms with Gasteiger partial charge in [-0.25, -0.2) is 13.5 Å². The Morgan fingerprint density at radius 3 is 2.52 bits per heavy atom. The summed E-state index contributed by atoms with van der Waals surface area (Å²) in [6.07, 6.45) is 1.97. The normalized spacial score (nSPS) is 11.0. The largest absolute Gasteiger partial charge is 0.212 e. The molecule has 0 aliphatic heterocycles. The van der Waals surface area contributed by atoms with Gasteiger partial charge in [-0.15, -0.1) is 28.5 Å². The summed E-state index contributed by atoms with van der Waals surface area (Å²) in [4.78, 5) is 1.04. The van der Waals surface area contributed by atoms with Crippen molar-refractivity contribution in [2.24, 2.45) is 0 Å². The number of hydrogen-bond donors (Lipinski definition) is 0. The summed E-state index contributed by atoms with van der Waals surface area (Å²) in [5.41, 5.74) is 2.04. The van der Waals surface area contributed by atoms with Crippen LogP contribution in [0, 0.1) is 11.6 Å². The summed E-state index contributed by atoms with van der Waals surface area (Å²) in [5, 5.41) is 8.13. The van der Waals surface area contributed by atoms with Gasteiger partial charge in [0.1, 0.15) is 17.3 Å². The molecular formula is C16H12ClF2N3S. The molecule has 0 aliphatic carbocycles. The molecule has 0 N–H and O–H groups in total. The Morgan fingerprint density at radius 2 is 1.87 bits per heavy atom. The number of rotatable bonds is 4. The summed E-state index contributed by atoms with van der Waals surface area (Å²) in [6, 6.07) is 10.9. The number of aromatic nitrogens is 3. The first-order valence-corrected chi connectivity index (χ1v) is 8.49. The first-order chi connectivity index (χ1) is 11.1. The van der Waals surface area contributed by atoms with E-state index in [1.54, 1.807) is 16.4 Å². The maximum Gasteiger partial charge on any atom is 0.126 e. The quantitative estimate of drug-likeness (QED) is 0.505. The molecule has 0 radical (unpaired) electrons. The number of nitrogens with zero attached hydrogens (tertiary/aromatic N) is 3. The fraction of sp³-hybridized carbons (Fsp3) is 0.125. The lowest BCUT2D eigenvalue weighted by molar-refractivity contribution is 0.584. The third-order valence-electron chi connectivity index (χ3n) is 3.30. The molecule has 0 bridgehead atoms. The Labute approximate surface area is 141 Å². The fourth-order valence-electron chi connectivity index (χ4n) is 2.31. The molecule has 3 aromatic rings. The van der Waals surface area contributed by atoms with E-state index in [9.17, 15) is 8.78 Å². The zero-order chi connectivity index (χ0) is 16.4. The van der Waals surface area contributed by atoms with Crippen LogP contribution < -0.4 is 0 Å². The summed E-state index contributed by atoms with van der Waals surface area (Å²) in [6.45, 7) is 0. The van der Waals surface area contributed by atoms with Crippen LogP contribution >= 0.6 is 23.4 Å². The van der Waals surface area contributed by atoms with Crippen molar-refractivity contribution < 1.29 is 8.78 Å². The van der Waals surface area contributed by atoms with Gasteiger partial charge >= 0.3 is 0 Å². The molecule has 1 aromatic heterocycles. The average molecular weight is 352 g/mol. The van der Waals surface area contributed by atoms with Crippen molar-refractivity contribution in [3.05, 3.63) is 59.8 Å². The Hall–Kier alpha value is -1.92. The zero-order valence-electron chi connectivity index (χ0n) is 12.1. The molecule has 0 spiro atoms. The summed E-state index contributed by atoms with van der Waals surface area (Å²) in [7, 11) is 0. The number of benzene rings is 2. The second-order valence-corrected chi connectivity index (χ2v) is 5.94. The molecule has 7 heteroatoms. The highest BCUT2D eigenvalue weighted by atomic mass is 35.5. The van der Waals surface area contributed by atoms with Crippen LogP contribution in [0.15, 0.2) is 47.4 Å². The van der Waals surface area contributed by atoms with Crippen LogP contribution in [0.5, 0.6) is 0 Å². The highest BCUT2D eigenvalue weighted by Crippen LogP contribution is 2.29. The maximum atomic E-state index is 13.6. The topological polar surface area (TPSA) is 30.7 Å². The van der Waals surface area contributed by atoms with E-state index < -0.39 is 11.6 Å². The first-order valence-electron chi connectivity index (χ1n) is 6.74. The van der Waals surface area contributed by atoms with Gasteiger partial charge in [0.15, 0.2) is 0 Å². The SMILES string of the molecule is CSc1cccc(-n2nnc(CCl)c2-c2cc(F)cc(F)c2)c1. The van der Waals surface area contributed by atoms with Crippen LogP contribution in [0.2, 0.25) is 0 Å². The molecule has 0 amide bonds. The molecule has 0 unspecified atom stereocenters. The van der Waals surface area contributed by atoms with Crippen LogP contribution in [0.1, 0.15) is 5.69 Å². The molecule has 0 saturated carbocycles. The summed E-state index contributed by atoms with van der Waals surface area (Å²) < 4.78 is 28.7. The second-order valence-electron chi connectivity index (χ2n) is 4.79. The smallest absolute Gasteiger partial charge is 0.126 e. The Kier molecular flexibility index (Phi) is 4.63. The Balaban J connectivity index is 2.21. The second kappa shape index (κ2) is 6.68. The van der Waals surface area contributed by atoms with Crippen molar-refractivity contribution >= 4 is 23.4 Å². The lowest BCUT2D eigenvalue weighted by Gasteiger charge is -2.09. The van der Waals surface area contributed by atoms with Gasteiger partial charge in [0.25, 0.3) is 0 Å². The van der Waals surface area contributed by atoms with Crippen molar-refractivity contribution in [1.82, 2.24) is 15.0 Å². The van der Waals surface area contributed by atoms with Crippen LogP contribution in [-0.4, -0.2) is 21.2 Å². The van der Waals surface area contributed by atoms with Gasteiger partial charge in [0, 0.05) is 16.5 Å². The molecule has 3 nitrogen and oxygen atoms in total. The lowest BCUT2D eigenvalue weighted by Crippen LogP contribution is -2.01. The van der Waals surface area contributed by atoms with Gasteiger partial charge in [0.05, 0.1) is 17.3 Å². The predicted octanol–water partition coefficient (Wildman–Crippen LogP) is 4.67. The molecule has 23 heavy (non-hydrogen) atoms. The molecular weight excluding hydrogens is 340 g/mol. The monoisotopic (exact) mass is 351 g/mol. The minimum Gasteiger partial charge on any atom is -0.212 e. The third-order valence-corrected chi connectivity index (χ3v) is 4.28. The van der Waals surface area contributed by atoms with Gasteiger partial charge in [-0.1, -0.05) is 11.3 Å². The van der Waals surface area contributed by atoms with Gasteiger partial charge in [-0.2, -0.15) is 0 Å². The number of thioether (sulfide) groups is 1.